The summed E-state index contributed by atoms with van der Waals surface area (Å²) in [6.07, 6.45) is 11.9. The highest BCUT2D eigenvalue weighted by Crippen LogP contribution is 2.30. The molecule has 19 heavy (non-hydrogen) atoms. The lowest BCUT2D eigenvalue weighted by Gasteiger charge is -2.24. The van der Waals surface area contributed by atoms with Crippen LogP contribution in [-0.4, -0.2) is 19.0 Å². The first-order valence-electron chi connectivity index (χ1n) is 8.38. The number of carbonyl (C=O) groups excluding carboxylic acids is 1. The van der Waals surface area contributed by atoms with Gasteiger partial charge in [-0.3, -0.25) is 4.79 Å². The first-order chi connectivity index (χ1) is 9.27. The molecule has 0 radical (unpaired) electrons. The van der Waals surface area contributed by atoms with Crippen molar-refractivity contribution in [2.24, 2.45) is 17.8 Å². The molecule has 0 spiro atoms. The van der Waals surface area contributed by atoms with Crippen molar-refractivity contribution in [1.29, 1.82) is 0 Å². The van der Waals surface area contributed by atoms with E-state index in [1.807, 2.05) is 0 Å². The molecule has 2 fully saturated rings. The monoisotopic (exact) mass is 266 g/mol. The molecule has 2 rings (SSSR count). The average Bonchev–Trinajstić information content (AvgIpc) is 2.54. The van der Waals surface area contributed by atoms with Gasteiger partial charge in [-0.05, 0) is 37.5 Å². The fraction of sp³-hybridized carbons (Fsp3) is 0.941. The molecule has 0 bridgehead atoms. The van der Waals surface area contributed by atoms with E-state index < -0.39 is 0 Å². The molecule has 2 heteroatoms. The molecule has 1 heterocycles. The third-order valence-electron chi connectivity index (χ3n) is 5.18. The molecule has 0 aromatic rings. The Morgan fingerprint density at radius 2 is 1.58 bits per heavy atom. The van der Waals surface area contributed by atoms with E-state index in [2.05, 4.69) is 6.92 Å². The van der Waals surface area contributed by atoms with Gasteiger partial charge in [-0.1, -0.05) is 39.0 Å². The summed E-state index contributed by atoms with van der Waals surface area (Å²) in [6, 6.07) is 0. The van der Waals surface area contributed by atoms with Crippen molar-refractivity contribution in [2.75, 3.05) is 13.2 Å². The van der Waals surface area contributed by atoms with Crippen LogP contribution in [0.4, 0.5) is 0 Å². The number of rotatable bonds is 3. The zero-order chi connectivity index (χ0) is 13.5. The molecule has 1 saturated heterocycles. The SMILES string of the molecule is CC1CCOCCC1CC(=O)C1CCCCCCC1. The smallest absolute Gasteiger partial charge is 0.136 e. The lowest BCUT2D eigenvalue weighted by Crippen LogP contribution is -2.22. The highest BCUT2D eigenvalue weighted by Gasteiger charge is 2.26. The van der Waals surface area contributed by atoms with Crippen LogP contribution < -0.4 is 0 Å². The minimum Gasteiger partial charge on any atom is -0.381 e. The van der Waals surface area contributed by atoms with Crippen molar-refractivity contribution in [2.45, 2.75) is 71.1 Å². The molecule has 1 saturated carbocycles. The van der Waals surface area contributed by atoms with Gasteiger partial charge in [0.2, 0.25) is 0 Å². The van der Waals surface area contributed by atoms with Gasteiger partial charge in [-0.15, -0.1) is 0 Å². The summed E-state index contributed by atoms with van der Waals surface area (Å²) in [5, 5.41) is 0. The summed E-state index contributed by atoms with van der Waals surface area (Å²) in [6.45, 7) is 4.03. The normalized spacial score (nSPS) is 31.2. The molecule has 0 aromatic carbocycles. The summed E-state index contributed by atoms with van der Waals surface area (Å²) in [7, 11) is 0. The zero-order valence-electron chi connectivity index (χ0n) is 12.5. The molecule has 1 aliphatic heterocycles. The molecule has 2 atom stereocenters. The molecule has 2 unspecified atom stereocenters. The zero-order valence-corrected chi connectivity index (χ0v) is 12.5. The first kappa shape index (κ1) is 15.0. The number of hydrogen-bond donors (Lipinski definition) is 0. The van der Waals surface area contributed by atoms with Gasteiger partial charge in [0.25, 0.3) is 0 Å². The molecule has 110 valence electrons. The van der Waals surface area contributed by atoms with Crippen LogP contribution in [-0.2, 0) is 9.53 Å². The van der Waals surface area contributed by atoms with E-state index in [-0.39, 0.29) is 0 Å². The van der Waals surface area contributed by atoms with Crippen molar-refractivity contribution >= 4 is 5.78 Å². The first-order valence-corrected chi connectivity index (χ1v) is 8.38. The van der Waals surface area contributed by atoms with E-state index >= 15 is 0 Å². The van der Waals surface area contributed by atoms with Gasteiger partial charge < -0.3 is 4.74 Å². The maximum atomic E-state index is 12.5. The Labute approximate surface area is 118 Å². The van der Waals surface area contributed by atoms with Crippen LogP contribution in [0.2, 0.25) is 0 Å². The quantitative estimate of drug-likeness (QED) is 0.758. The lowest BCUT2D eigenvalue weighted by molar-refractivity contribution is -0.124. The van der Waals surface area contributed by atoms with Crippen LogP contribution in [0.15, 0.2) is 0 Å². The van der Waals surface area contributed by atoms with Gasteiger partial charge in [0.05, 0.1) is 0 Å². The predicted octanol–water partition coefficient (Wildman–Crippen LogP) is 4.37. The summed E-state index contributed by atoms with van der Waals surface area (Å²) in [5.74, 6) is 2.15. The van der Waals surface area contributed by atoms with E-state index in [9.17, 15) is 4.79 Å². The predicted molar refractivity (Wildman–Crippen MR) is 78.1 cm³/mol. The molecule has 0 aromatic heterocycles. The fourth-order valence-electron chi connectivity index (χ4n) is 3.63. The number of ketones is 1. The molecule has 1 aliphatic carbocycles. The Balaban J connectivity index is 1.83. The number of Topliss-reactive ketones (excluding diaryl/α,β-unsaturated/α-hetero) is 1. The van der Waals surface area contributed by atoms with Crippen molar-refractivity contribution < 1.29 is 9.53 Å². The minimum atomic E-state index is 0.372. The Morgan fingerprint density at radius 3 is 2.32 bits per heavy atom. The fourth-order valence-corrected chi connectivity index (χ4v) is 3.63. The van der Waals surface area contributed by atoms with Gasteiger partial charge in [0.15, 0.2) is 0 Å². The second-order valence-corrected chi connectivity index (χ2v) is 6.64. The second kappa shape index (κ2) is 8.04. The molecular formula is C17H30O2. The Kier molecular flexibility index (Phi) is 6.36. The van der Waals surface area contributed by atoms with Crippen LogP contribution in [0.3, 0.4) is 0 Å². The molecule has 0 N–H and O–H groups in total. The molecule has 0 amide bonds. The maximum Gasteiger partial charge on any atom is 0.136 e. The van der Waals surface area contributed by atoms with Crippen molar-refractivity contribution in [3.05, 3.63) is 0 Å². The van der Waals surface area contributed by atoms with E-state index in [1.165, 1.54) is 32.1 Å². The highest BCUT2D eigenvalue weighted by atomic mass is 16.5. The number of hydrogen-bond acceptors (Lipinski definition) is 2. The maximum absolute atomic E-state index is 12.5. The third kappa shape index (κ3) is 4.91. The summed E-state index contributed by atoms with van der Waals surface area (Å²) >= 11 is 0. The van der Waals surface area contributed by atoms with Gasteiger partial charge in [-0.2, -0.15) is 0 Å². The van der Waals surface area contributed by atoms with Gasteiger partial charge in [0.1, 0.15) is 5.78 Å². The summed E-state index contributed by atoms with van der Waals surface area (Å²) < 4.78 is 5.55. The van der Waals surface area contributed by atoms with Gasteiger partial charge >= 0.3 is 0 Å². The highest BCUT2D eigenvalue weighted by molar-refractivity contribution is 5.81. The topological polar surface area (TPSA) is 26.3 Å². The standard InChI is InChI=1S/C17H30O2/c1-14-9-11-19-12-10-16(14)13-17(18)15-7-5-3-2-4-6-8-15/h14-16H,2-13H2,1H3. The van der Waals surface area contributed by atoms with E-state index in [1.54, 1.807) is 0 Å². The van der Waals surface area contributed by atoms with Crippen LogP contribution in [0.5, 0.6) is 0 Å². The van der Waals surface area contributed by atoms with Crippen molar-refractivity contribution in [3.8, 4) is 0 Å². The summed E-state index contributed by atoms with van der Waals surface area (Å²) in [5.41, 5.74) is 0. The van der Waals surface area contributed by atoms with Crippen molar-refractivity contribution in [1.82, 2.24) is 0 Å². The average molecular weight is 266 g/mol. The lowest BCUT2D eigenvalue weighted by atomic mass is 9.80. The van der Waals surface area contributed by atoms with E-state index in [4.69, 9.17) is 4.74 Å². The van der Waals surface area contributed by atoms with E-state index in [0.29, 0.717) is 23.5 Å². The summed E-state index contributed by atoms with van der Waals surface area (Å²) in [4.78, 5) is 12.5. The molecular weight excluding hydrogens is 236 g/mol. The minimum absolute atomic E-state index is 0.372. The third-order valence-corrected chi connectivity index (χ3v) is 5.18. The van der Waals surface area contributed by atoms with Gasteiger partial charge in [0, 0.05) is 25.6 Å². The Morgan fingerprint density at radius 1 is 0.947 bits per heavy atom. The van der Waals surface area contributed by atoms with Crippen LogP contribution in [0, 0.1) is 17.8 Å². The van der Waals surface area contributed by atoms with Gasteiger partial charge in [-0.25, -0.2) is 0 Å². The van der Waals surface area contributed by atoms with Crippen LogP contribution >= 0.6 is 0 Å². The second-order valence-electron chi connectivity index (χ2n) is 6.64. The number of ether oxygens (including phenoxy) is 1. The van der Waals surface area contributed by atoms with Crippen LogP contribution in [0.1, 0.15) is 71.1 Å². The molecule has 2 aliphatic rings. The van der Waals surface area contributed by atoms with Crippen molar-refractivity contribution in [3.63, 3.8) is 0 Å². The Bertz CT molecular complexity index is 266. The Hall–Kier alpha value is -0.370. The van der Waals surface area contributed by atoms with Crippen LogP contribution in [0.25, 0.3) is 0 Å². The van der Waals surface area contributed by atoms with E-state index in [0.717, 1.165) is 45.3 Å². The molecule has 2 nitrogen and oxygen atoms in total. The largest absolute Gasteiger partial charge is 0.381 e. The number of carbonyl (C=O) groups is 1.